The van der Waals surface area contributed by atoms with Crippen LogP contribution < -0.4 is 4.57 Å². The molecule has 1 heterocycles. The fourth-order valence-corrected chi connectivity index (χ4v) is 1.36. The third-order valence-corrected chi connectivity index (χ3v) is 2.09. The molecule has 0 spiro atoms. The maximum Gasteiger partial charge on any atom is 0.673 e. The molecule has 0 aliphatic carbocycles. The molecule has 0 amide bonds. The zero-order valence-electron chi connectivity index (χ0n) is 10.3. The first-order chi connectivity index (χ1) is 7.83. The van der Waals surface area contributed by atoms with Crippen LogP contribution in [0.1, 0.15) is 32.6 Å². The van der Waals surface area contributed by atoms with Gasteiger partial charge in [0, 0.05) is 0 Å². The largest absolute Gasteiger partial charge is 0.673 e. The monoisotopic (exact) mass is 254 g/mol. The molecule has 0 N–H and O–H groups in total. The summed E-state index contributed by atoms with van der Waals surface area (Å²) in [6, 6.07) is 0. The molecule has 0 atom stereocenters. The molecule has 1 aromatic rings. The summed E-state index contributed by atoms with van der Waals surface area (Å²) in [4.78, 5) is 0. The van der Waals surface area contributed by atoms with Crippen molar-refractivity contribution in [2.75, 3.05) is 0 Å². The summed E-state index contributed by atoms with van der Waals surface area (Å²) in [5, 5.41) is 0. The Morgan fingerprint density at radius 3 is 2.12 bits per heavy atom. The smallest absolute Gasteiger partial charge is 0.418 e. The van der Waals surface area contributed by atoms with Gasteiger partial charge >= 0.3 is 7.25 Å². The molecule has 0 saturated carbocycles. The van der Waals surface area contributed by atoms with Crippen LogP contribution in [0.2, 0.25) is 0 Å². The van der Waals surface area contributed by atoms with Crippen molar-refractivity contribution in [2.24, 2.45) is 7.05 Å². The zero-order chi connectivity index (χ0) is 13.3. The predicted octanol–water partition coefficient (Wildman–Crippen LogP) is 3.19. The van der Waals surface area contributed by atoms with Gasteiger partial charge in [-0.2, -0.15) is 0 Å². The summed E-state index contributed by atoms with van der Waals surface area (Å²) in [5.74, 6) is 0. The van der Waals surface area contributed by atoms with Gasteiger partial charge in [-0.1, -0.05) is 19.8 Å². The lowest BCUT2D eigenvalue weighted by atomic mass is 10.2. The lowest BCUT2D eigenvalue weighted by Crippen LogP contribution is -2.23. The number of nitrogens with zero attached hydrogens (tertiary/aromatic N) is 2. The summed E-state index contributed by atoms with van der Waals surface area (Å²) in [6.45, 7) is 3.41. The second-order valence-corrected chi connectivity index (χ2v) is 3.87. The van der Waals surface area contributed by atoms with Gasteiger partial charge in [0.1, 0.15) is 12.4 Å². The Morgan fingerprint density at radius 1 is 1.12 bits per heavy atom. The van der Waals surface area contributed by atoms with Crippen LogP contribution in [-0.2, 0) is 13.6 Å². The highest BCUT2D eigenvalue weighted by Gasteiger charge is 2.20. The Hall–Kier alpha value is -1.01. The van der Waals surface area contributed by atoms with Gasteiger partial charge in [0.15, 0.2) is 0 Å². The van der Waals surface area contributed by atoms with E-state index in [0.29, 0.717) is 0 Å². The summed E-state index contributed by atoms with van der Waals surface area (Å²) in [5.41, 5.74) is 0. The van der Waals surface area contributed by atoms with Crippen LogP contribution in [0.5, 0.6) is 0 Å². The highest BCUT2D eigenvalue weighted by molar-refractivity contribution is 6.50. The molecule has 0 saturated heterocycles. The van der Waals surface area contributed by atoms with Crippen LogP contribution in [0.3, 0.4) is 0 Å². The Morgan fingerprint density at radius 2 is 1.71 bits per heavy atom. The first-order valence-electron chi connectivity index (χ1n) is 5.71. The summed E-state index contributed by atoms with van der Waals surface area (Å²) < 4.78 is 43.3. The molecule has 0 aromatic carbocycles. The molecule has 0 aliphatic heterocycles. The molecular formula is C10H19BF4N2. The number of aryl methyl sites for hydroxylation is 2. The standard InChI is InChI=1S/C10H19N2.BF4/c1-3-4-5-6-7-12-9-8-11(2)10-12;2-1(3,4)5/h8-10H,3-7H2,1-2H3;/q+1;-1. The molecule has 0 radical (unpaired) electrons. The topological polar surface area (TPSA) is 8.81 Å². The first-order valence-corrected chi connectivity index (χ1v) is 5.71. The lowest BCUT2D eigenvalue weighted by molar-refractivity contribution is -0.671. The molecule has 1 aromatic heterocycles. The summed E-state index contributed by atoms with van der Waals surface area (Å²) in [7, 11) is -3.94. The van der Waals surface area contributed by atoms with E-state index >= 15 is 0 Å². The Balaban J connectivity index is 0.000000437. The fourth-order valence-electron chi connectivity index (χ4n) is 1.36. The molecule has 2 nitrogen and oxygen atoms in total. The van der Waals surface area contributed by atoms with E-state index in [4.69, 9.17) is 0 Å². The Kier molecular flexibility index (Phi) is 7.66. The maximum atomic E-state index is 9.75. The summed E-state index contributed by atoms with van der Waals surface area (Å²) >= 11 is 0. The van der Waals surface area contributed by atoms with E-state index in [-0.39, 0.29) is 0 Å². The van der Waals surface area contributed by atoms with Crippen molar-refractivity contribution in [2.45, 2.75) is 39.2 Å². The van der Waals surface area contributed by atoms with Crippen molar-refractivity contribution in [3.8, 4) is 0 Å². The molecule has 0 unspecified atom stereocenters. The highest BCUT2D eigenvalue weighted by atomic mass is 19.5. The van der Waals surface area contributed by atoms with Crippen molar-refractivity contribution in [3.05, 3.63) is 18.7 Å². The third kappa shape index (κ3) is 12.9. The number of unbranched alkanes of at least 4 members (excludes halogenated alkanes) is 3. The van der Waals surface area contributed by atoms with Gasteiger partial charge in [-0.25, -0.2) is 9.13 Å². The number of hydrogen-bond acceptors (Lipinski definition) is 0. The van der Waals surface area contributed by atoms with Gasteiger partial charge in [-0.15, -0.1) is 0 Å². The Bertz CT molecular complexity index is 293. The first kappa shape index (κ1) is 16.0. The van der Waals surface area contributed by atoms with Crippen molar-refractivity contribution in [3.63, 3.8) is 0 Å². The van der Waals surface area contributed by atoms with E-state index in [1.807, 2.05) is 0 Å². The van der Waals surface area contributed by atoms with E-state index in [9.17, 15) is 17.3 Å². The number of halogens is 4. The SMILES string of the molecule is CCCCCCn1cc[n+](C)c1.F[B-](F)(F)F. The van der Waals surface area contributed by atoms with Crippen LogP contribution >= 0.6 is 0 Å². The van der Waals surface area contributed by atoms with Crippen molar-refractivity contribution >= 4 is 7.25 Å². The molecule has 0 aliphatic rings. The van der Waals surface area contributed by atoms with Gasteiger partial charge in [-0.3, -0.25) is 0 Å². The molecule has 1 rings (SSSR count). The minimum absolute atomic E-state index is 1.17. The molecule has 100 valence electrons. The third-order valence-electron chi connectivity index (χ3n) is 2.09. The predicted molar refractivity (Wildman–Crippen MR) is 59.9 cm³/mol. The molecule has 17 heavy (non-hydrogen) atoms. The van der Waals surface area contributed by atoms with E-state index < -0.39 is 7.25 Å². The van der Waals surface area contributed by atoms with E-state index in [1.54, 1.807) is 0 Å². The van der Waals surface area contributed by atoms with Gasteiger partial charge in [0.05, 0.1) is 13.6 Å². The molecule has 7 heteroatoms. The zero-order valence-corrected chi connectivity index (χ0v) is 10.3. The van der Waals surface area contributed by atoms with Crippen molar-refractivity contribution in [1.82, 2.24) is 4.57 Å². The van der Waals surface area contributed by atoms with Crippen molar-refractivity contribution in [1.29, 1.82) is 0 Å². The minimum atomic E-state index is -6.00. The maximum absolute atomic E-state index is 9.75. The minimum Gasteiger partial charge on any atom is -0.418 e. The second kappa shape index (κ2) is 8.14. The summed E-state index contributed by atoms with van der Waals surface area (Å²) in [6.07, 6.45) is 11.7. The normalized spacial score (nSPS) is 10.9. The number of rotatable bonds is 5. The molecule has 0 bridgehead atoms. The van der Waals surface area contributed by atoms with E-state index in [0.717, 1.165) is 0 Å². The van der Waals surface area contributed by atoms with Gasteiger partial charge < -0.3 is 17.3 Å². The van der Waals surface area contributed by atoms with E-state index in [1.165, 1.54) is 32.2 Å². The number of imidazole rings is 1. The second-order valence-electron chi connectivity index (χ2n) is 3.87. The van der Waals surface area contributed by atoms with Crippen LogP contribution in [0.25, 0.3) is 0 Å². The van der Waals surface area contributed by atoms with Crippen molar-refractivity contribution < 1.29 is 21.8 Å². The van der Waals surface area contributed by atoms with Gasteiger partial charge in [0.2, 0.25) is 6.33 Å². The molecule has 0 fully saturated rings. The van der Waals surface area contributed by atoms with Crippen LogP contribution in [0.4, 0.5) is 17.3 Å². The highest BCUT2D eigenvalue weighted by Crippen LogP contribution is 2.06. The van der Waals surface area contributed by atoms with Crippen LogP contribution in [0, 0.1) is 0 Å². The number of aromatic nitrogens is 2. The fraction of sp³-hybridized carbons (Fsp3) is 0.700. The average Bonchev–Trinajstić information content (AvgIpc) is 2.56. The lowest BCUT2D eigenvalue weighted by Gasteiger charge is -1.95. The molecular weight excluding hydrogens is 235 g/mol. The quantitative estimate of drug-likeness (QED) is 0.330. The van der Waals surface area contributed by atoms with E-state index in [2.05, 4.69) is 41.8 Å². The van der Waals surface area contributed by atoms with Gasteiger partial charge in [0.25, 0.3) is 0 Å². The average molecular weight is 254 g/mol. The number of hydrogen-bond donors (Lipinski definition) is 0. The van der Waals surface area contributed by atoms with Crippen LogP contribution in [0.15, 0.2) is 18.7 Å². The van der Waals surface area contributed by atoms with Crippen LogP contribution in [-0.4, -0.2) is 11.8 Å². The van der Waals surface area contributed by atoms with Gasteiger partial charge in [-0.05, 0) is 12.8 Å². The Labute approximate surface area is 99.4 Å².